The molecule has 1 aliphatic rings. The number of carbonyl (C=O) groups is 1. The van der Waals surface area contributed by atoms with E-state index in [2.05, 4.69) is 15.9 Å². The van der Waals surface area contributed by atoms with E-state index in [1.807, 2.05) is 39.8 Å². The molecule has 29 heavy (non-hydrogen) atoms. The number of benzene rings is 2. The second-order valence-electron chi connectivity index (χ2n) is 7.40. The standard InChI is InChI=1S/C22H27BrO6/c1-10(2)27-22-18-15(8-14(25-6)9-16(18)26-7)17-11(3)28-12(4)21(29-13(5)24)19(17)20(22)23/h8-12,21H,1-7H3/t11-,12-,21-/m0/s1. The first kappa shape index (κ1) is 21.7. The van der Waals surface area contributed by atoms with Gasteiger partial charge in [0.05, 0.1) is 42.4 Å². The lowest BCUT2D eigenvalue weighted by atomic mass is 9.87. The average Bonchev–Trinajstić information content (AvgIpc) is 2.65. The molecule has 0 N–H and O–H groups in total. The van der Waals surface area contributed by atoms with Crippen LogP contribution >= 0.6 is 15.9 Å². The minimum atomic E-state index is -0.566. The maximum absolute atomic E-state index is 11.8. The zero-order valence-electron chi connectivity index (χ0n) is 17.8. The van der Waals surface area contributed by atoms with Crippen LogP contribution in [0, 0.1) is 0 Å². The Hall–Kier alpha value is -1.99. The summed E-state index contributed by atoms with van der Waals surface area (Å²) in [4.78, 5) is 11.8. The van der Waals surface area contributed by atoms with Gasteiger partial charge in [-0.2, -0.15) is 0 Å². The van der Waals surface area contributed by atoms with E-state index in [4.69, 9.17) is 23.7 Å². The Morgan fingerprint density at radius 2 is 1.83 bits per heavy atom. The van der Waals surface area contributed by atoms with Gasteiger partial charge in [0.1, 0.15) is 17.2 Å². The van der Waals surface area contributed by atoms with Crippen molar-refractivity contribution in [1.29, 1.82) is 0 Å². The Balaban J connectivity index is 2.47. The van der Waals surface area contributed by atoms with Crippen molar-refractivity contribution < 1.29 is 28.5 Å². The van der Waals surface area contributed by atoms with Gasteiger partial charge in [0, 0.05) is 18.6 Å². The molecule has 2 aromatic rings. The van der Waals surface area contributed by atoms with Crippen LogP contribution in [0.3, 0.4) is 0 Å². The van der Waals surface area contributed by atoms with E-state index < -0.39 is 6.10 Å². The van der Waals surface area contributed by atoms with Crippen LogP contribution in [0.2, 0.25) is 0 Å². The van der Waals surface area contributed by atoms with Gasteiger partial charge < -0.3 is 23.7 Å². The molecule has 0 saturated heterocycles. The van der Waals surface area contributed by atoms with Crippen molar-refractivity contribution in [3.05, 3.63) is 27.7 Å². The van der Waals surface area contributed by atoms with Crippen LogP contribution in [0.15, 0.2) is 16.6 Å². The fraction of sp³-hybridized carbons (Fsp3) is 0.500. The van der Waals surface area contributed by atoms with Gasteiger partial charge >= 0.3 is 5.97 Å². The highest BCUT2D eigenvalue weighted by molar-refractivity contribution is 9.10. The summed E-state index contributed by atoms with van der Waals surface area (Å²) < 4.78 is 29.9. The molecule has 0 amide bonds. The number of esters is 1. The zero-order valence-corrected chi connectivity index (χ0v) is 19.4. The van der Waals surface area contributed by atoms with Crippen LogP contribution in [0.1, 0.15) is 58.0 Å². The molecule has 0 spiro atoms. The van der Waals surface area contributed by atoms with Gasteiger partial charge in [0.15, 0.2) is 6.10 Å². The quantitative estimate of drug-likeness (QED) is 0.542. The molecule has 0 aliphatic carbocycles. The third-order valence-electron chi connectivity index (χ3n) is 4.96. The van der Waals surface area contributed by atoms with Gasteiger partial charge in [-0.05, 0) is 60.6 Å². The normalized spacial score (nSPS) is 21.1. The molecule has 1 heterocycles. The van der Waals surface area contributed by atoms with E-state index in [1.165, 1.54) is 6.92 Å². The van der Waals surface area contributed by atoms with Crippen molar-refractivity contribution in [3.63, 3.8) is 0 Å². The molecule has 0 bridgehead atoms. The maximum Gasteiger partial charge on any atom is 0.303 e. The van der Waals surface area contributed by atoms with Crippen molar-refractivity contribution in [3.8, 4) is 17.2 Å². The van der Waals surface area contributed by atoms with Crippen molar-refractivity contribution in [2.45, 2.75) is 59.0 Å². The molecule has 3 atom stereocenters. The summed E-state index contributed by atoms with van der Waals surface area (Å²) >= 11 is 3.74. The number of ether oxygens (including phenoxy) is 5. The molecule has 6 nitrogen and oxygen atoms in total. The van der Waals surface area contributed by atoms with Crippen LogP contribution in [-0.4, -0.2) is 32.4 Å². The fourth-order valence-corrected chi connectivity index (χ4v) is 4.63. The highest BCUT2D eigenvalue weighted by Crippen LogP contribution is 2.53. The Labute approximate surface area is 179 Å². The second-order valence-corrected chi connectivity index (χ2v) is 8.20. The number of rotatable bonds is 5. The van der Waals surface area contributed by atoms with E-state index in [9.17, 15) is 4.79 Å². The van der Waals surface area contributed by atoms with Gasteiger partial charge in [-0.25, -0.2) is 0 Å². The highest BCUT2D eigenvalue weighted by atomic mass is 79.9. The number of halogens is 1. The molecule has 1 aliphatic heterocycles. The molecule has 0 unspecified atom stereocenters. The van der Waals surface area contributed by atoms with Gasteiger partial charge in [-0.3, -0.25) is 4.79 Å². The van der Waals surface area contributed by atoms with Crippen LogP contribution in [-0.2, 0) is 14.3 Å². The first-order valence-electron chi connectivity index (χ1n) is 9.59. The average molecular weight is 467 g/mol. The molecule has 3 rings (SSSR count). The molecular formula is C22H27BrO6. The summed E-state index contributed by atoms with van der Waals surface area (Å²) in [6.07, 6.45) is -1.17. The Bertz CT molecular complexity index is 939. The van der Waals surface area contributed by atoms with E-state index in [0.29, 0.717) is 17.2 Å². The Kier molecular flexibility index (Phi) is 6.29. The summed E-state index contributed by atoms with van der Waals surface area (Å²) in [6.45, 7) is 9.22. The highest BCUT2D eigenvalue weighted by Gasteiger charge is 2.39. The SMILES string of the molecule is COc1cc(OC)c2c(OC(C)C)c(Br)c3c(c2c1)[C@H](C)O[C@@H](C)[C@@H]3OC(C)=O. The number of hydrogen-bond acceptors (Lipinski definition) is 6. The largest absolute Gasteiger partial charge is 0.497 e. The monoisotopic (exact) mass is 466 g/mol. The predicted octanol–water partition coefficient (Wildman–Crippen LogP) is 5.49. The number of carbonyl (C=O) groups excluding carboxylic acids is 1. The van der Waals surface area contributed by atoms with Crippen molar-refractivity contribution in [2.24, 2.45) is 0 Å². The predicted molar refractivity (Wildman–Crippen MR) is 114 cm³/mol. The maximum atomic E-state index is 11.8. The molecule has 0 saturated carbocycles. The summed E-state index contributed by atoms with van der Waals surface area (Å²) in [6, 6.07) is 3.77. The van der Waals surface area contributed by atoms with Crippen molar-refractivity contribution in [1.82, 2.24) is 0 Å². The van der Waals surface area contributed by atoms with Crippen molar-refractivity contribution >= 4 is 32.7 Å². The van der Waals surface area contributed by atoms with Crippen LogP contribution in [0.5, 0.6) is 17.2 Å². The van der Waals surface area contributed by atoms with E-state index >= 15 is 0 Å². The fourth-order valence-electron chi connectivity index (χ4n) is 3.90. The van der Waals surface area contributed by atoms with Crippen LogP contribution in [0.4, 0.5) is 0 Å². The smallest absolute Gasteiger partial charge is 0.303 e. The van der Waals surface area contributed by atoms with Crippen LogP contribution < -0.4 is 14.2 Å². The number of methoxy groups -OCH3 is 2. The molecule has 158 valence electrons. The zero-order chi connectivity index (χ0) is 21.5. The third kappa shape index (κ3) is 3.90. The first-order chi connectivity index (χ1) is 13.7. The minimum Gasteiger partial charge on any atom is -0.497 e. The Morgan fingerprint density at radius 1 is 1.14 bits per heavy atom. The summed E-state index contributed by atoms with van der Waals surface area (Å²) in [7, 11) is 3.23. The number of hydrogen-bond donors (Lipinski definition) is 0. The van der Waals surface area contributed by atoms with E-state index in [1.54, 1.807) is 14.2 Å². The summed E-state index contributed by atoms with van der Waals surface area (Å²) in [5.41, 5.74) is 1.77. The lowest BCUT2D eigenvalue weighted by Gasteiger charge is -2.37. The van der Waals surface area contributed by atoms with Gasteiger partial charge in [0.25, 0.3) is 0 Å². The van der Waals surface area contributed by atoms with Crippen LogP contribution in [0.25, 0.3) is 10.8 Å². The summed E-state index contributed by atoms with van der Waals surface area (Å²) in [5.74, 6) is 1.57. The molecule has 0 aromatic heterocycles. The van der Waals surface area contributed by atoms with Gasteiger partial charge in [0.2, 0.25) is 0 Å². The lowest BCUT2D eigenvalue weighted by Crippen LogP contribution is -2.31. The van der Waals surface area contributed by atoms with Crippen molar-refractivity contribution in [2.75, 3.05) is 14.2 Å². The third-order valence-corrected chi connectivity index (χ3v) is 5.74. The first-order valence-corrected chi connectivity index (χ1v) is 10.4. The topological polar surface area (TPSA) is 63.2 Å². The lowest BCUT2D eigenvalue weighted by molar-refractivity contribution is -0.161. The molecule has 0 fully saturated rings. The second kappa shape index (κ2) is 8.40. The molecule has 7 heteroatoms. The summed E-state index contributed by atoms with van der Waals surface area (Å²) in [5, 5.41) is 1.70. The van der Waals surface area contributed by atoms with Gasteiger partial charge in [-0.15, -0.1) is 0 Å². The molecule has 0 radical (unpaired) electrons. The van der Waals surface area contributed by atoms with E-state index in [0.717, 1.165) is 26.4 Å². The molecule has 2 aromatic carbocycles. The molecular weight excluding hydrogens is 440 g/mol. The minimum absolute atomic E-state index is 0.0683. The van der Waals surface area contributed by atoms with E-state index in [-0.39, 0.29) is 24.3 Å². The number of fused-ring (bicyclic) bond motifs is 3. The Morgan fingerprint density at radius 3 is 2.38 bits per heavy atom. The van der Waals surface area contributed by atoms with Gasteiger partial charge in [-0.1, -0.05) is 0 Å².